The minimum absolute atomic E-state index is 0.0646. The van der Waals surface area contributed by atoms with Crippen LogP contribution in [0.1, 0.15) is 278 Å². The smallest absolute Gasteiger partial charge is 0.462 e. The highest BCUT2D eigenvalue weighted by atomic mass is 31.2. The lowest BCUT2D eigenvalue weighted by Gasteiger charge is -2.21. The maximum Gasteiger partial charge on any atom is 0.472 e. The molecule has 11 nitrogen and oxygen atoms in total. The van der Waals surface area contributed by atoms with E-state index in [9.17, 15) is 28.9 Å². The van der Waals surface area contributed by atoms with Gasteiger partial charge in [-0.15, -0.1) is 0 Å². The molecular weight excluding hydrogens is 976 g/mol. The number of carbonyl (C=O) groups excluding carboxylic acids is 3. The predicted molar refractivity (Wildman–Crippen MR) is 316 cm³/mol. The number of carbonyl (C=O) groups is 3. The Hall–Kier alpha value is -3.08. The Bertz CT molecular complexity index is 1550. The van der Waals surface area contributed by atoms with E-state index in [1.807, 2.05) is 12.2 Å². The number of ether oxygens (including phenoxy) is 3. The Labute approximate surface area is 465 Å². The van der Waals surface area contributed by atoms with Gasteiger partial charge >= 0.3 is 25.7 Å². The van der Waals surface area contributed by atoms with Crippen LogP contribution in [0.3, 0.4) is 0 Å². The third-order valence-corrected chi connectivity index (χ3v) is 14.1. The van der Waals surface area contributed by atoms with Crippen molar-refractivity contribution in [1.29, 1.82) is 0 Å². The van der Waals surface area contributed by atoms with Crippen molar-refractivity contribution in [3.8, 4) is 0 Å². The van der Waals surface area contributed by atoms with Crippen molar-refractivity contribution in [2.24, 2.45) is 0 Å². The molecular formula is C64H113O11P. The first-order valence-electron chi connectivity index (χ1n) is 30.8. The lowest BCUT2D eigenvalue weighted by atomic mass is 10.0. The summed E-state index contributed by atoms with van der Waals surface area (Å²) < 4.78 is 39.5. The second kappa shape index (κ2) is 58.1. The molecule has 76 heavy (non-hydrogen) atoms. The highest BCUT2D eigenvalue weighted by Gasteiger charge is 2.28. The van der Waals surface area contributed by atoms with Crippen LogP contribution in [0.2, 0.25) is 0 Å². The summed E-state index contributed by atoms with van der Waals surface area (Å²) >= 11 is 0. The number of hydrogen-bond acceptors (Lipinski definition) is 10. The Morgan fingerprint density at radius 3 is 1.14 bits per heavy atom. The molecule has 0 aromatic carbocycles. The first kappa shape index (κ1) is 72.9. The molecule has 0 aliphatic rings. The predicted octanol–water partition coefficient (Wildman–Crippen LogP) is 18.5. The number of phosphoric acid groups is 1. The Kier molecular flexibility index (Phi) is 55.7. The van der Waals surface area contributed by atoms with Crippen LogP contribution in [0, 0.1) is 0 Å². The molecule has 0 heterocycles. The molecule has 440 valence electrons. The second-order valence-electron chi connectivity index (χ2n) is 20.5. The minimum atomic E-state index is -4.77. The number of hydrogen-bond donors (Lipinski definition) is 2. The molecule has 0 saturated heterocycles. The molecule has 0 fully saturated rings. The zero-order chi connectivity index (χ0) is 55.5. The molecule has 0 aliphatic carbocycles. The molecule has 12 heteroatoms. The van der Waals surface area contributed by atoms with Crippen LogP contribution < -0.4 is 0 Å². The molecule has 0 aliphatic heterocycles. The average Bonchev–Trinajstić information content (AvgIpc) is 3.41. The van der Waals surface area contributed by atoms with Crippen LogP contribution in [0.25, 0.3) is 0 Å². The standard InChI is InChI=1S/C64H113O11P/c1-4-7-10-13-16-19-22-25-28-29-30-31-34-35-38-41-44-47-50-53-62(66)71-57-61(75-64(68)55-52-49-46-43-40-37-33-27-24-21-18-15-12-9-6-3)59-73-76(69,70)72-58-60(56-65)74-63(67)54-51-48-45-42-39-36-32-26-23-20-17-14-11-8-5-2/h9,12,18,21,25,27-28,33,40,43,49,52,60-61,65H,4-8,10-11,13-17,19-20,22-24,26,29-32,34-39,41-42,44-48,50-51,53-59H2,1-3H3,(H,69,70)/b12-9-,21-18-,28-25-,33-27-,43-40-,52-49-. The van der Waals surface area contributed by atoms with Crippen molar-refractivity contribution in [1.82, 2.24) is 0 Å². The van der Waals surface area contributed by atoms with Crippen LogP contribution in [-0.2, 0) is 42.2 Å². The molecule has 0 aromatic rings. The van der Waals surface area contributed by atoms with Crippen molar-refractivity contribution in [2.75, 3.05) is 26.4 Å². The van der Waals surface area contributed by atoms with Crippen LogP contribution >= 0.6 is 7.82 Å². The highest BCUT2D eigenvalue weighted by Crippen LogP contribution is 2.43. The Balaban J connectivity index is 4.76. The van der Waals surface area contributed by atoms with E-state index in [2.05, 4.69) is 75.5 Å². The topological polar surface area (TPSA) is 155 Å². The third kappa shape index (κ3) is 55.7. The van der Waals surface area contributed by atoms with E-state index in [0.29, 0.717) is 19.3 Å². The van der Waals surface area contributed by atoms with Gasteiger partial charge in [0.15, 0.2) is 6.10 Å². The molecule has 3 atom stereocenters. The van der Waals surface area contributed by atoms with Crippen LogP contribution in [-0.4, -0.2) is 66.5 Å². The van der Waals surface area contributed by atoms with E-state index >= 15 is 0 Å². The molecule has 0 amide bonds. The minimum Gasteiger partial charge on any atom is -0.462 e. The number of phosphoric ester groups is 1. The lowest BCUT2D eigenvalue weighted by Crippen LogP contribution is -2.30. The van der Waals surface area contributed by atoms with E-state index in [0.717, 1.165) is 64.2 Å². The summed E-state index contributed by atoms with van der Waals surface area (Å²) in [6.07, 6.45) is 66.0. The fraction of sp³-hybridized carbons (Fsp3) is 0.766. The zero-order valence-electron chi connectivity index (χ0n) is 48.7. The van der Waals surface area contributed by atoms with Crippen molar-refractivity contribution in [2.45, 2.75) is 290 Å². The zero-order valence-corrected chi connectivity index (χ0v) is 49.6. The van der Waals surface area contributed by atoms with Gasteiger partial charge in [0, 0.05) is 12.8 Å². The quantitative estimate of drug-likeness (QED) is 0.0197. The second-order valence-corrected chi connectivity index (χ2v) is 22.0. The van der Waals surface area contributed by atoms with Gasteiger partial charge in [0.05, 0.1) is 26.2 Å². The van der Waals surface area contributed by atoms with Gasteiger partial charge in [-0.2, -0.15) is 0 Å². The highest BCUT2D eigenvalue weighted by molar-refractivity contribution is 7.47. The van der Waals surface area contributed by atoms with E-state index in [1.54, 1.807) is 6.08 Å². The van der Waals surface area contributed by atoms with Crippen LogP contribution in [0.15, 0.2) is 72.9 Å². The van der Waals surface area contributed by atoms with Crippen LogP contribution in [0.5, 0.6) is 0 Å². The fourth-order valence-electron chi connectivity index (χ4n) is 8.49. The van der Waals surface area contributed by atoms with Crippen molar-refractivity contribution < 1.29 is 52.2 Å². The van der Waals surface area contributed by atoms with Crippen molar-refractivity contribution in [3.05, 3.63) is 72.9 Å². The molecule has 0 saturated carbocycles. The third-order valence-electron chi connectivity index (χ3n) is 13.1. The summed E-state index contributed by atoms with van der Waals surface area (Å²) in [4.78, 5) is 48.6. The Morgan fingerprint density at radius 1 is 0.395 bits per heavy atom. The number of aliphatic hydroxyl groups is 1. The first-order valence-corrected chi connectivity index (χ1v) is 32.3. The number of allylic oxidation sites excluding steroid dienone is 11. The largest absolute Gasteiger partial charge is 0.472 e. The average molecular weight is 1090 g/mol. The van der Waals surface area contributed by atoms with Gasteiger partial charge in [-0.3, -0.25) is 23.4 Å². The SMILES string of the molecule is CC/C=C\C/C=C\C/C=C\C/C=C\C/C=C\CC(=O)OC(COC(=O)CCCCCCCCCCC/C=C\CCCCCCCC)COP(=O)(O)OCC(CO)OC(=O)CCCCCCCCCCCCCCCCC. The van der Waals surface area contributed by atoms with E-state index in [4.69, 9.17) is 23.3 Å². The van der Waals surface area contributed by atoms with Gasteiger partial charge in [-0.25, -0.2) is 4.57 Å². The van der Waals surface area contributed by atoms with Crippen LogP contribution in [0.4, 0.5) is 0 Å². The maximum atomic E-state index is 12.9. The first-order chi connectivity index (χ1) is 37.2. The molecule has 0 spiro atoms. The van der Waals surface area contributed by atoms with Gasteiger partial charge < -0.3 is 24.2 Å². The summed E-state index contributed by atoms with van der Waals surface area (Å²) in [5.41, 5.74) is 0. The van der Waals surface area contributed by atoms with Crippen molar-refractivity contribution in [3.63, 3.8) is 0 Å². The van der Waals surface area contributed by atoms with Crippen molar-refractivity contribution >= 4 is 25.7 Å². The molecule has 0 rings (SSSR count). The molecule has 0 radical (unpaired) electrons. The Morgan fingerprint density at radius 2 is 0.737 bits per heavy atom. The van der Waals surface area contributed by atoms with Gasteiger partial charge in [0.2, 0.25) is 0 Å². The molecule has 0 bridgehead atoms. The lowest BCUT2D eigenvalue weighted by molar-refractivity contribution is -0.160. The summed E-state index contributed by atoms with van der Waals surface area (Å²) in [5.74, 6) is -1.61. The summed E-state index contributed by atoms with van der Waals surface area (Å²) in [6.45, 7) is 4.45. The molecule has 0 aromatic heterocycles. The van der Waals surface area contributed by atoms with Gasteiger partial charge in [0.1, 0.15) is 12.7 Å². The van der Waals surface area contributed by atoms with Gasteiger partial charge in [0.25, 0.3) is 0 Å². The molecule has 2 N–H and O–H groups in total. The van der Waals surface area contributed by atoms with Gasteiger partial charge in [-0.05, 0) is 70.6 Å². The van der Waals surface area contributed by atoms with E-state index < -0.39 is 57.8 Å². The monoisotopic (exact) mass is 1090 g/mol. The molecule has 3 unspecified atom stereocenters. The maximum absolute atomic E-state index is 12.9. The fourth-order valence-corrected chi connectivity index (χ4v) is 9.27. The van der Waals surface area contributed by atoms with E-state index in [-0.39, 0.29) is 25.9 Å². The number of rotatable bonds is 57. The summed E-state index contributed by atoms with van der Waals surface area (Å²) in [5, 5.41) is 9.83. The normalized spacial score (nSPS) is 13.8. The number of aliphatic hydroxyl groups excluding tert-OH is 1. The van der Waals surface area contributed by atoms with E-state index in [1.165, 1.54) is 154 Å². The van der Waals surface area contributed by atoms with Gasteiger partial charge in [-0.1, -0.05) is 261 Å². The summed E-state index contributed by atoms with van der Waals surface area (Å²) in [7, 11) is -4.77. The summed E-state index contributed by atoms with van der Waals surface area (Å²) in [6, 6.07) is 0. The number of esters is 3. The number of unbranched alkanes of at least 4 members (excludes halogenated alkanes) is 29.